The Morgan fingerprint density at radius 2 is 2.33 bits per heavy atom. The fourth-order valence-corrected chi connectivity index (χ4v) is 1.97. The summed E-state index contributed by atoms with van der Waals surface area (Å²) in [7, 11) is 0. The van der Waals surface area contributed by atoms with E-state index in [1.165, 1.54) is 18.3 Å². The van der Waals surface area contributed by atoms with Gasteiger partial charge in [0.25, 0.3) is 0 Å². The molecule has 1 aromatic rings. The molecule has 1 unspecified atom stereocenters. The van der Waals surface area contributed by atoms with Crippen molar-refractivity contribution in [2.75, 3.05) is 0 Å². The number of hydrogen-bond donors (Lipinski definition) is 2. The van der Waals surface area contributed by atoms with Crippen LogP contribution in [-0.2, 0) is 9.54 Å². The third-order valence-electron chi connectivity index (χ3n) is 1.47. The van der Waals surface area contributed by atoms with E-state index in [1.807, 2.05) is 0 Å². The number of carboxylic acids is 1. The lowest BCUT2D eigenvalue weighted by Gasteiger charge is -2.15. The summed E-state index contributed by atoms with van der Waals surface area (Å²) in [5, 5.41) is 8.79. The van der Waals surface area contributed by atoms with Crippen LogP contribution >= 0.6 is 35.6 Å². The monoisotopic (exact) mass is 222 g/mol. The molecule has 0 radical (unpaired) electrons. The van der Waals surface area contributed by atoms with Crippen molar-refractivity contribution >= 4 is 41.5 Å². The molecule has 0 saturated heterocycles. The number of rotatable bonds is 2. The first kappa shape index (κ1) is 9.89. The molecule has 0 fully saturated rings. The minimum Gasteiger partial charge on any atom is -0.480 e. The van der Waals surface area contributed by atoms with Gasteiger partial charge in [0.05, 0.1) is 4.34 Å². The molecule has 12 heavy (non-hydrogen) atoms. The predicted molar refractivity (Wildman–Crippen MR) is 53.3 cm³/mol. The Kier molecular flexibility index (Phi) is 2.70. The van der Waals surface area contributed by atoms with Gasteiger partial charge in [-0.3, -0.25) is 4.79 Å². The number of halogens is 1. The summed E-state index contributed by atoms with van der Waals surface area (Å²) in [6.45, 7) is 1.53. The second kappa shape index (κ2) is 3.28. The molecule has 0 spiro atoms. The van der Waals surface area contributed by atoms with Crippen molar-refractivity contribution in [1.82, 2.24) is 0 Å². The molecular weight excluding hydrogens is 216 g/mol. The van der Waals surface area contributed by atoms with Crippen LogP contribution in [0.2, 0.25) is 4.34 Å². The Morgan fingerprint density at radius 1 is 1.75 bits per heavy atom. The summed E-state index contributed by atoms with van der Waals surface area (Å²) < 4.78 is -0.566. The molecule has 0 aliphatic heterocycles. The van der Waals surface area contributed by atoms with Crippen LogP contribution in [0.4, 0.5) is 0 Å². The highest BCUT2D eigenvalue weighted by Gasteiger charge is 2.32. The Balaban J connectivity index is 3.05. The first-order valence-corrected chi connectivity index (χ1v) is 4.80. The molecular formula is C7H7ClO2S2. The van der Waals surface area contributed by atoms with Crippen molar-refractivity contribution in [3.63, 3.8) is 0 Å². The summed E-state index contributed by atoms with van der Waals surface area (Å²) in [6, 6.07) is 3.34. The van der Waals surface area contributed by atoms with Crippen LogP contribution in [0.3, 0.4) is 0 Å². The summed E-state index contributed by atoms with van der Waals surface area (Å²) in [6.07, 6.45) is 0. The maximum absolute atomic E-state index is 10.7. The zero-order valence-corrected chi connectivity index (χ0v) is 8.71. The number of carbonyl (C=O) groups is 1. The highest BCUT2D eigenvalue weighted by molar-refractivity contribution is 7.82. The maximum Gasteiger partial charge on any atom is 0.324 e. The Labute approximate surface area is 84.6 Å². The lowest BCUT2D eigenvalue weighted by Crippen LogP contribution is -2.24. The number of aliphatic carboxylic acids is 1. The molecule has 1 heterocycles. The lowest BCUT2D eigenvalue weighted by molar-refractivity contribution is -0.139. The fourth-order valence-electron chi connectivity index (χ4n) is 0.681. The molecule has 66 valence electrons. The van der Waals surface area contributed by atoms with Gasteiger partial charge in [0.1, 0.15) is 4.75 Å². The van der Waals surface area contributed by atoms with Crippen molar-refractivity contribution in [1.29, 1.82) is 0 Å². The standard InChI is InChI=1S/C7H7ClO2S2/c1-7(11,6(9)10)4-2-3-5(8)12-4/h2-3,11H,1H3,(H,9,10). The molecule has 0 bridgehead atoms. The van der Waals surface area contributed by atoms with E-state index >= 15 is 0 Å². The van der Waals surface area contributed by atoms with E-state index in [1.54, 1.807) is 12.1 Å². The number of carboxylic acid groups (broad SMARTS) is 1. The molecule has 0 saturated carbocycles. The van der Waals surface area contributed by atoms with Gasteiger partial charge in [0, 0.05) is 4.88 Å². The Hall–Kier alpha value is -0.190. The van der Waals surface area contributed by atoms with Gasteiger partial charge >= 0.3 is 5.97 Å². The number of thiol groups is 1. The second-order valence-electron chi connectivity index (χ2n) is 2.48. The van der Waals surface area contributed by atoms with Crippen LogP contribution in [0, 0.1) is 0 Å². The van der Waals surface area contributed by atoms with E-state index < -0.39 is 10.7 Å². The third kappa shape index (κ3) is 1.76. The average Bonchev–Trinajstić information content (AvgIpc) is 2.35. The van der Waals surface area contributed by atoms with Crippen LogP contribution in [0.15, 0.2) is 12.1 Å². The molecule has 1 aromatic heterocycles. The molecule has 0 amide bonds. The van der Waals surface area contributed by atoms with Crippen molar-refractivity contribution < 1.29 is 9.90 Å². The Bertz CT molecular complexity index is 306. The molecule has 0 aromatic carbocycles. The van der Waals surface area contributed by atoms with Crippen molar-refractivity contribution in [3.8, 4) is 0 Å². The first-order valence-electron chi connectivity index (χ1n) is 3.16. The molecule has 1 rings (SSSR count). The summed E-state index contributed by atoms with van der Waals surface area (Å²) in [5.74, 6) is -0.968. The summed E-state index contributed by atoms with van der Waals surface area (Å²) in [4.78, 5) is 11.4. The van der Waals surface area contributed by atoms with E-state index in [0.29, 0.717) is 9.21 Å². The summed E-state index contributed by atoms with van der Waals surface area (Å²) in [5.41, 5.74) is 0. The van der Waals surface area contributed by atoms with Gasteiger partial charge in [-0.25, -0.2) is 0 Å². The van der Waals surface area contributed by atoms with Crippen LogP contribution < -0.4 is 0 Å². The van der Waals surface area contributed by atoms with E-state index in [9.17, 15) is 4.79 Å². The maximum atomic E-state index is 10.7. The zero-order chi connectivity index (χ0) is 9.35. The molecule has 2 nitrogen and oxygen atoms in total. The third-order valence-corrected chi connectivity index (χ3v) is 3.51. The number of thiophene rings is 1. The smallest absolute Gasteiger partial charge is 0.324 e. The zero-order valence-electron chi connectivity index (χ0n) is 6.24. The molecule has 0 aliphatic rings. The first-order chi connectivity index (χ1) is 5.44. The lowest BCUT2D eigenvalue weighted by atomic mass is 10.1. The molecule has 0 aliphatic carbocycles. The van der Waals surface area contributed by atoms with Gasteiger partial charge in [-0.15, -0.1) is 11.3 Å². The van der Waals surface area contributed by atoms with E-state index in [4.69, 9.17) is 16.7 Å². The highest BCUT2D eigenvalue weighted by atomic mass is 35.5. The summed E-state index contributed by atoms with van der Waals surface area (Å²) >= 11 is 10.9. The van der Waals surface area contributed by atoms with Gasteiger partial charge in [0.2, 0.25) is 0 Å². The fraction of sp³-hybridized carbons (Fsp3) is 0.286. The van der Waals surface area contributed by atoms with Crippen molar-refractivity contribution in [2.45, 2.75) is 11.7 Å². The van der Waals surface area contributed by atoms with Gasteiger partial charge in [-0.2, -0.15) is 12.6 Å². The van der Waals surface area contributed by atoms with Gasteiger partial charge < -0.3 is 5.11 Å². The topological polar surface area (TPSA) is 37.3 Å². The normalized spacial score (nSPS) is 15.6. The van der Waals surface area contributed by atoms with Crippen LogP contribution in [0.5, 0.6) is 0 Å². The van der Waals surface area contributed by atoms with Crippen LogP contribution in [-0.4, -0.2) is 11.1 Å². The highest BCUT2D eigenvalue weighted by Crippen LogP contribution is 2.35. The van der Waals surface area contributed by atoms with Crippen molar-refractivity contribution in [2.24, 2.45) is 0 Å². The molecule has 1 atom stereocenters. The number of hydrogen-bond acceptors (Lipinski definition) is 3. The minimum absolute atomic E-state index is 0.575. The van der Waals surface area contributed by atoms with E-state index in [-0.39, 0.29) is 0 Å². The minimum atomic E-state index is -1.14. The van der Waals surface area contributed by atoms with Gasteiger partial charge in [-0.1, -0.05) is 11.6 Å². The van der Waals surface area contributed by atoms with E-state index in [0.717, 1.165) is 0 Å². The van der Waals surface area contributed by atoms with Gasteiger partial charge in [-0.05, 0) is 19.1 Å². The largest absolute Gasteiger partial charge is 0.480 e. The molecule has 1 N–H and O–H groups in total. The SMILES string of the molecule is CC(S)(C(=O)O)c1ccc(Cl)s1. The van der Waals surface area contributed by atoms with Crippen LogP contribution in [0.25, 0.3) is 0 Å². The van der Waals surface area contributed by atoms with Crippen LogP contribution in [0.1, 0.15) is 11.8 Å². The quantitative estimate of drug-likeness (QED) is 0.755. The van der Waals surface area contributed by atoms with Crippen molar-refractivity contribution in [3.05, 3.63) is 21.3 Å². The van der Waals surface area contributed by atoms with E-state index in [2.05, 4.69) is 12.6 Å². The molecule has 5 heteroatoms. The van der Waals surface area contributed by atoms with Gasteiger partial charge in [0.15, 0.2) is 0 Å². The predicted octanol–water partition coefficient (Wildman–Crippen LogP) is 2.63. The Morgan fingerprint density at radius 3 is 2.67 bits per heavy atom. The second-order valence-corrected chi connectivity index (χ2v) is 5.09. The average molecular weight is 223 g/mol.